The average Bonchev–Trinajstić information content (AvgIpc) is 2.46. The molecule has 0 aromatic rings. The maximum absolute atomic E-state index is 11.3. The van der Waals surface area contributed by atoms with Gasteiger partial charge in [-0.1, -0.05) is 66.0 Å². The summed E-state index contributed by atoms with van der Waals surface area (Å²) in [6, 6.07) is 0.161. The van der Waals surface area contributed by atoms with Crippen LogP contribution in [0.3, 0.4) is 0 Å². The summed E-state index contributed by atoms with van der Waals surface area (Å²) in [5, 5.41) is 6.50. The van der Waals surface area contributed by atoms with Gasteiger partial charge in [-0.25, -0.2) is 0 Å². The number of amides is 1. The van der Waals surface area contributed by atoms with Gasteiger partial charge < -0.3 is 15.4 Å². The van der Waals surface area contributed by atoms with Gasteiger partial charge in [0.15, 0.2) is 0 Å². The monoisotopic (exact) mass is 388 g/mol. The second-order valence-electron chi connectivity index (χ2n) is 8.61. The lowest BCUT2D eigenvalue weighted by molar-refractivity contribution is 0.0770. The molecule has 2 N–H and O–H groups in total. The first-order valence-corrected chi connectivity index (χ1v) is 10.4. The van der Waals surface area contributed by atoms with Gasteiger partial charge in [-0.05, 0) is 48.7 Å². The first-order valence-electron chi connectivity index (χ1n) is 9.56. The van der Waals surface area contributed by atoms with Crippen LogP contribution in [0.2, 0.25) is 0 Å². The van der Waals surface area contributed by atoms with Crippen molar-refractivity contribution < 1.29 is 9.53 Å². The Hall–Kier alpha value is -0.490. The van der Waals surface area contributed by atoms with Crippen LogP contribution < -0.4 is 10.6 Å². The molecule has 2 unspecified atom stereocenters. The van der Waals surface area contributed by atoms with Gasteiger partial charge in [-0.2, -0.15) is 0 Å². The van der Waals surface area contributed by atoms with Crippen LogP contribution in [0.5, 0.6) is 0 Å². The highest BCUT2D eigenvalue weighted by atomic mass is 32.1. The molecule has 1 aliphatic carbocycles. The number of nitrogens with one attached hydrogen (secondary N) is 2. The van der Waals surface area contributed by atoms with Crippen molar-refractivity contribution in [1.82, 2.24) is 10.6 Å². The van der Waals surface area contributed by atoms with E-state index in [2.05, 4.69) is 51.0 Å². The maximum Gasteiger partial charge on any atom is 0.276 e. The standard InChI is InChI=1S/C19H36N2O2S2/c1-5-6-7-8-9-10-23-17(25)20-14-19(4)12-15(21-16(22)24)11-18(2,3)13-19/h15H,5-14H2,1-4H3,(H,20,25)(H2,21,22,24). The quantitative estimate of drug-likeness (QED) is 0.293. The summed E-state index contributed by atoms with van der Waals surface area (Å²) in [4.78, 5) is 11.3. The lowest BCUT2D eigenvalue weighted by Gasteiger charge is -2.46. The van der Waals surface area contributed by atoms with E-state index in [1.807, 2.05) is 0 Å². The number of thiocarbonyl (C=S) groups is 1. The van der Waals surface area contributed by atoms with Gasteiger partial charge in [-0.3, -0.25) is 4.79 Å². The van der Waals surface area contributed by atoms with Gasteiger partial charge in [0.2, 0.25) is 0 Å². The molecule has 1 amide bonds. The average molecular weight is 389 g/mol. The van der Waals surface area contributed by atoms with Gasteiger partial charge >= 0.3 is 0 Å². The number of carbonyl (C=O) groups excluding carboxylic acids is 1. The van der Waals surface area contributed by atoms with E-state index in [0.29, 0.717) is 11.8 Å². The SMILES string of the molecule is CCCCCCCOC(=S)NCC1(C)CC(NC(=O)S)CC(C)(C)C1. The third-order valence-electron chi connectivity index (χ3n) is 4.91. The van der Waals surface area contributed by atoms with Gasteiger partial charge in [-0.15, -0.1) is 0 Å². The number of unbranched alkanes of at least 4 members (excludes halogenated alkanes) is 4. The smallest absolute Gasteiger partial charge is 0.276 e. The van der Waals surface area contributed by atoms with E-state index in [-0.39, 0.29) is 22.1 Å². The van der Waals surface area contributed by atoms with E-state index in [9.17, 15) is 4.79 Å². The third kappa shape index (κ3) is 9.69. The van der Waals surface area contributed by atoms with E-state index in [1.54, 1.807) is 0 Å². The van der Waals surface area contributed by atoms with Crippen molar-refractivity contribution in [2.45, 2.75) is 85.1 Å². The molecule has 6 heteroatoms. The van der Waals surface area contributed by atoms with E-state index in [0.717, 1.165) is 32.2 Å². The minimum Gasteiger partial charge on any atom is -0.471 e. The second kappa shape index (κ2) is 10.6. The molecule has 0 aliphatic heterocycles. The van der Waals surface area contributed by atoms with Crippen LogP contribution in [-0.2, 0) is 4.74 Å². The second-order valence-corrected chi connectivity index (χ2v) is 9.39. The zero-order valence-corrected chi connectivity index (χ0v) is 18.0. The normalized spacial score (nSPS) is 25.2. The lowest BCUT2D eigenvalue weighted by atomic mass is 9.62. The summed E-state index contributed by atoms with van der Waals surface area (Å²) in [6.07, 6.45) is 9.07. The highest BCUT2D eigenvalue weighted by molar-refractivity contribution is 7.96. The molecule has 0 aromatic heterocycles. The first-order chi connectivity index (χ1) is 11.7. The van der Waals surface area contributed by atoms with Crippen LogP contribution >= 0.6 is 24.8 Å². The first kappa shape index (κ1) is 22.6. The maximum atomic E-state index is 11.3. The zero-order chi connectivity index (χ0) is 18.9. The minimum atomic E-state index is -0.250. The minimum absolute atomic E-state index is 0.0667. The summed E-state index contributed by atoms with van der Waals surface area (Å²) in [7, 11) is 0. The molecule has 0 spiro atoms. The zero-order valence-electron chi connectivity index (χ0n) is 16.3. The van der Waals surface area contributed by atoms with E-state index < -0.39 is 0 Å². The van der Waals surface area contributed by atoms with E-state index in [1.165, 1.54) is 25.7 Å². The molecule has 0 aromatic carbocycles. The molecule has 1 aliphatic rings. The number of hydrogen-bond donors (Lipinski definition) is 3. The number of carbonyl (C=O) groups is 1. The molecule has 0 bridgehead atoms. The molecule has 1 fully saturated rings. The van der Waals surface area contributed by atoms with Gasteiger partial charge in [0.1, 0.15) is 0 Å². The fraction of sp³-hybridized carbons (Fsp3) is 0.895. The molecule has 25 heavy (non-hydrogen) atoms. The predicted molar refractivity (Wildman–Crippen MR) is 112 cm³/mol. The largest absolute Gasteiger partial charge is 0.471 e. The van der Waals surface area contributed by atoms with E-state index in [4.69, 9.17) is 17.0 Å². The summed E-state index contributed by atoms with van der Waals surface area (Å²) >= 11 is 9.18. The molecule has 1 saturated carbocycles. The Morgan fingerprint density at radius 1 is 1.20 bits per heavy atom. The van der Waals surface area contributed by atoms with E-state index >= 15 is 0 Å². The third-order valence-corrected chi connectivity index (χ3v) is 5.30. The van der Waals surface area contributed by atoms with Crippen LogP contribution in [0.4, 0.5) is 4.79 Å². The predicted octanol–water partition coefficient (Wildman–Crippen LogP) is 5.07. The summed E-state index contributed by atoms with van der Waals surface area (Å²) in [5.74, 6) is 0. The van der Waals surface area contributed by atoms with Crippen molar-refractivity contribution in [3.05, 3.63) is 0 Å². The van der Waals surface area contributed by atoms with Crippen LogP contribution in [0.25, 0.3) is 0 Å². The number of ether oxygens (including phenoxy) is 1. The van der Waals surface area contributed by atoms with Crippen molar-refractivity contribution in [2.24, 2.45) is 10.8 Å². The topological polar surface area (TPSA) is 50.4 Å². The lowest BCUT2D eigenvalue weighted by Crippen LogP contribution is -2.49. The fourth-order valence-electron chi connectivity index (χ4n) is 4.25. The van der Waals surface area contributed by atoms with Crippen molar-refractivity contribution in [2.75, 3.05) is 13.2 Å². The van der Waals surface area contributed by atoms with Gasteiger partial charge in [0, 0.05) is 12.6 Å². The Bertz CT molecular complexity index is 443. The van der Waals surface area contributed by atoms with Crippen molar-refractivity contribution in [3.8, 4) is 0 Å². The Kier molecular flexibility index (Phi) is 9.57. The summed E-state index contributed by atoms with van der Waals surface area (Å²) < 4.78 is 5.64. The molecular formula is C19H36N2O2S2. The fourth-order valence-corrected chi connectivity index (χ4v) is 4.59. The van der Waals surface area contributed by atoms with Crippen molar-refractivity contribution in [3.63, 3.8) is 0 Å². The molecule has 0 radical (unpaired) electrons. The van der Waals surface area contributed by atoms with Crippen LogP contribution in [0, 0.1) is 10.8 Å². The molecule has 2 atom stereocenters. The Balaban J connectivity index is 2.37. The number of thiol groups is 1. The van der Waals surface area contributed by atoms with Crippen molar-refractivity contribution in [1.29, 1.82) is 0 Å². The van der Waals surface area contributed by atoms with Crippen LogP contribution in [-0.4, -0.2) is 29.6 Å². The molecule has 1 rings (SSSR count). The summed E-state index contributed by atoms with van der Waals surface area (Å²) in [5.41, 5.74) is 0.245. The van der Waals surface area contributed by atoms with Gasteiger partial charge in [0.05, 0.1) is 6.61 Å². The Morgan fingerprint density at radius 3 is 2.52 bits per heavy atom. The van der Waals surface area contributed by atoms with Gasteiger partial charge in [0.25, 0.3) is 10.4 Å². The Labute approximate surface area is 164 Å². The molecule has 0 saturated heterocycles. The number of hydrogen-bond acceptors (Lipinski definition) is 3. The highest BCUT2D eigenvalue weighted by Gasteiger charge is 2.41. The molecule has 4 nitrogen and oxygen atoms in total. The van der Waals surface area contributed by atoms with Crippen molar-refractivity contribution >= 4 is 35.3 Å². The van der Waals surface area contributed by atoms with Crippen LogP contribution in [0.1, 0.15) is 79.1 Å². The molecule has 146 valence electrons. The number of rotatable bonds is 9. The Morgan fingerprint density at radius 2 is 1.88 bits per heavy atom. The summed E-state index contributed by atoms with van der Waals surface area (Å²) in [6.45, 7) is 10.4. The van der Waals surface area contributed by atoms with Crippen LogP contribution in [0.15, 0.2) is 0 Å². The highest BCUT2D eigenvalue weighted by Crippen LogP contribution is 2.45. The molecular weight excluding hydrogens is 352 g/mol. The molecule has 0 heterocycles.